The van der Waals surface area contributed by atoms with Crippen LogP contribution < -0.4 is 11.1 Å². The Morgan fingerprint density at radius 2 is 2.56 bits per heavy atom. The SMILES string of the molecule is CC(N)CC1CC(=O)N1. The zero-order valence-corrected chi connectivity index (χ0v) is 5.55. The van der Waals surface area contributed by atoms with Crippen LogP contribution in [0, 0.1) is 0 Å². The van der Waals surface area contributed by atoms with Crippen molar-refractivity contribution in [3.05, 3.63) is 0 Å². The number of nitrogens with one attached hydrogen (secondary N) is 1. The van der Waals surface area contributed by atoms with E-state index in [0.29, 0.717) is 12.5 Å². The van der Waals surface area contributed by atoms with E-state index in [0.717, 1.165) is 6.42 Å². The minimum atomic E-state index is 0.153. The summed E-state index contributed by atoms with van der Waals surface area (Å²) in [5.74, 6) is 0.153. The van der Waals surface area contributed by atoms with Gasteiger partial charge in [0.15, 0.2) is 0 Å². The second kappa shape index (κ2) is 2.35. The molecule has 2 atom stereocenters. The van der Waals surface area contributed by atoms with Crippen molar-refractivity contribution in [3.8, 4) is 0 Å². The van der Waals surface area contributed by atoms with E-state index >= 15 is 0 Å². The number of carbonyl (C=O) groups excluding carboxylic acids is 1. The predicted octanol–water partition coefficient (Wildman–Crippen LogP) is -0.388. The van der Waals surface area contributed by atoms with E-state index in [9.17, 15) is 4.79 Å². The molecule has 0 aliphatic carbocycles. The zero-order chi connectivity index (χ0) is 6.85. The quantitative estimate of drug-likeness (QED) is 0.498. The Morgan fingerprint density at radius 3 is 2.89 bits per heavy atom. The van der Waals surface area contributed by atoms with Gasteiger partial charge in [-0.1, -0.05) is 0 Å². The Kier molecular flexibility index (Phi) is 1.71. The number of nitrogens with two attached hydrogens (primary N) is 1. The molecule has 3 nitrogen and oxygen atoms in total. The third-order valence-electron chi connectivity index (χ3n) is 1.45. The molecule has 0 aromatic rings. The average molecular weight is 128 g/mol. The summed E-state index contributed by atoms with van der Waals surface area (Å²) in [5.41, 5.74) is 5.50. The van der Waals surface area contributed by atoms with Gasteiger partial charge in [0.1, 0.15) is 0 Å². The molecule has 1 rings (SSSR count). The molecule has 0 aromatic carbocycles. The van der Waals surface area contributed by atoms with Crippen LogP contribution in [0.2, 0.25) is 0 Å². The topological polar surface area (TPSA) is 55.1 Å². The highest BCUT2D eigenvalue weighted by atomic mass is 16.2. The van der Waals surface area contributed by atoms with Crippen molar-refractivity contribution in [1.82, 2.24) is 5.32 Å². The molecular weight excluding hydrogens is 116 g/mol. The van der Waals surface area contributed by atoms with Crippen LogP contribution >= 0.6 is 0 Å². The van der Waals surface area contributed by atoms with Crippen LogP contribution in [0.1, 0.15) is 19.8 Å². The molecule has 1 aliphatic rings. The minimum absolute atomic E-state index is 0.153. The van der Waals surface area contributed by atoms with Gasteiger partial charge in [0.2, 0.25) is 5.91 Å². The maximum absolute atomic E-state index is 10.3. The van der Waals surface area contributed by atoms with Crippen molar-refractivity contribution < 1.29 is 4.79 Å². The molecule has 1 saturated heterocycles. The van der Waals surface area contributed by atoms with E-state index in [1.54, 1.807) is 0 Å². The fourth-order valence-corrected chi connectivity index (χ4v) is 1.02. The molecule has 0 radical (unpaired) electrons. The lowest BCUT2D eigenvalue weighted by molar-refractivity contribution is -0.128. The summed E-state index contributed by atoms with van der Waals surface area (Å²) in [5, 5.41) is 2.76. The number of amides is 1. The van der Waals surface area contributed by atoms with Crippen molar-refractivity contribution in [2.75, 3.05) is 0 Å². The second-order valence-electron chi connectivity index (χ2n) is 2.68. The van der Waals surface area contributed by atoms with Gasteiger partial charge in [-0.3, -0.25) is 4.79 Å². The summed E-state index contributed by atoms with van der Waals surface area (Å²) in [6, 6.07) is 0.563. The van der Waals surface area contributed by atoms with Gasteiger partial charge in [-0.05, 0) is 13.3 Å². The van der Waals surface area contributed by atoms with E-state index in [4.69, 9.17) is 5.73 Å². The Bertz CT molecular complexity index is 114. The van der Waals surface area contributed by atoms with Crippen molar-refractivity contribution in [2.45, 2.75) is 31.8 Å². The first-order valence-electron chi connectivity index (χ1n) is 3.23. The van der Waals surface area contributed by atoms with Gasteiger partial charge < -0.3 is 11.1 Å². The highest BCUT2D eigenvalue weighted by molar-refractivity contribution is 5.82. The number of carbonyl (C=O) groups is 1. The summed E-state index contributed by atoms with van der Waals surface area (Å²) < 4.78 is 0. The average Bonchev–Trinajstić information content (AvgIpc) is 1.60. The zero-order valence-electron chi connectivity index (χ0n) is 5.55. The van der Waals surface area contributed by atoms with Gasteiger partial charge in [-0.2, -0.15) is 0 Å². The molecule has 3 N–H and O–H groups in total. The summed E-state index contributed by atoms with van der Waals surface area (Å²) in [7, 11) is 0. The van der Waals surface area contributed by atoms with Crippen LogP contribution in [0.4, 0.5) is 0 Å². The van der Waals surface area contributed by atoms with Gasteiger partial charge in [-0.25, -0.2) is 0 Å². The molecule has 1 amide bonds. The molecule has 1 aliphatic heterocycles. The number of hydrogen-bond donors (Lipinski definition) is 2. The van der Waals surface area contributed by atoms with Crippen LogP contribution in [-0.2, 0) is 4.79 Å². The Hall–Kier alpha value is -0.570. The van der Waals surface area contributed by atoms with E-state index in [2.05, 4.69) is 5.32 Å². The molecule has 1 heterocycles. The van der Waals surface area contributed by atoms with Crippen molar-refractivity contribution in [3.63, 3.8) is 0 Å². The third-order valence-corrected chi connectivity index (χ3v) is 1.45. The Morgan fingerprint density at radius 1 is 2.00 bits per heavy atom. The monoisotopic (exact) mass is 128 g/mol. The Balaban J connectivity index is 2.11. The largest absolute Gasteiger partial charge is 0.353 e. The predicted molar refractivity (Wildman–Crippen MR) is 34.8 cm³/mol. The third kappa shape index (κ3) is 1.68. The molecule has 0 aromatic heterocycles. The van der Waals surface area contributed by atoms with Gasteiger partial charge in [0, 0.05) is 18.5 Å². The van der Waals surface area contributed by atoms with E-state index < -0.39 is 0 Å². The molecule has 1 fully saturated rings. The minimum Gasteiger partial charge on any atom is -0.353 e. The highest BCUT2D eigenvalue weighted by Crippen LogP contribution is 2.08. The van der Waals surface area contributed by atoms with E-state index in [-0.39, 0.29) is 11.9 Å². The Labute approximate surface area is 54.6 Å². The molecule has 0 spiro atoms. The lowest BCUT2D eigenvalue weighted by Crippen LogP contribution is -2.50. The standard InChI is InChI=1S/C6H12N2O/c1-4(7)2-5-3-6(9)8-5/h4-5H,2-3,7H2,1H3,(H,8,9). The lowest BCUT2D eigenvalue weighted by Gasteiger charge is -2.27. The van der Waals surface area contributed by atoms with Crippen LogP contribution in [0.15, 0.2) is 0 Å². The summed E-state index contributed by atoms with van der Waals surface area (Å²) in [6.45, 7) is 1.95. The summed E-state index contributed by atoms with van der Waals surface area (Å²) >= 11 is 0. The lowest BCUT2D eigenvalue weighted by atomic mass is 9.99. The summed E-state index contributed by atoms with van der Waals surface area (Å²) in [4.78, 5) is 10.3. The fourth-order valence-electron chi connectivity index (χ4n) is 1.02. The number of hydrogen-bond acceptors (Lipinski definition) is 2. The van der Waals surface area contributed by atoms with Gasteiger partial charge in [0.25, 0.3) is 0 Å². The first-order chi connectivity index (χ1) is 4.18. The molecular formula is C6H12N2O. The normalized spacial score (nSPS) is 28.7. The van der Waals surface area contributed by atoms with E-state index in [1.165, 1.54) is 0 Å². The molecule has 0 saturated carbocycles. The maximum Gasteiger partial charge on any atom is 0.222 e. The highest BCUT2D eigenvalue weighted by Gasteiger charge is 2.25. The maximum atomic E-state index is 10.3. The van der Waals surface area contributed by atoms with Gasteiger partial charge in [0.05, 0.1) is 0 Å². The van der Waals surface area contributed by atoms with Crippen LogP contribution in [0.5, 0.6) is 0 Å². The van der Waals surface area contributed by atoms with E-state index in [1.807, 2.05) is 6.92 Å². The van der Waals surface area contributed by atoms with Crippen molar-refractivity contribution in [2.24, 2.45) is 5.73 Å². The van der Waals surface area contributed by atoms with Crippen LogP contribution in [-0.4, -0.2) is 18.0 Å². The molecule has 3 heteroatoms. The van der Waals surface area contributed by atoms with Crippen LogP contribution in [0.3, 0.4) is 0 Å². The second-order valence-corrected chi connectivity index (χ2v) is 2.68. The number of β-lactam (4-membered cyclic amide) rings is 1. The summed E-state index contributed by atoms with van der Waals surface area (Å²) in [6.07, 6.45) is 1.58. The van der Waals surface area contributed by atoms with Crippen molar-refractivity contribution in [1.29, 1.82) is 0 Å². The first-order valence-corrected chi connectivity index (χ1v) is 3.23. The molecule has 2 unspecified atom stereocenters. The number of rotatable bonds is 2. The van der Waals surface area contributed by atoms with Crippen molar-refractivity contribution >= 4 is 5.91 Å². The first kappa shape index (κ1) is 6.55. The molecule has 9 heavy (non-hydrogen) atoms. The van der Waals surface area contributed by atoms with Gasteiger partial charge in [-0.15, -0.1) is 0 Å². The fraction of sp³-hybridized carbons (Fsp3) is 0.833. The van der Waals surface area contributed by atoms with Gasteiger partial charge >= 0.3 is 0 Å². The van der Waals surface area contributed by atoms with Crippen LogP contribution in [0.25, 0.3) is 0 Å². The smallest absolute Gasteiger partial charge is 0.222 e. The molecule has 0 bridgehead atoms. The molecule has 52 valence electrons.